The lowest BCUT2D eigenvalue weighted by molar-refractivity contribution is -0.146. The van der Waals surface area contributed by atoms with E-state index in [9.17, 15) is 9.59 Å². The van der Waals surface area contributed by atoms with Gasteiger partial charge in [0, 0.05) is 0 Å². The van der Waals surface area contributed by atoms with E-state index in [1.807, 2.05) is 0 Å². The first-order valence-electron chi connectivity index (χ1n) is 6.85. The normalized spacial score (nSPS) is 40.2. The molecular weight excluding hydrogens is 246 g/mol. The van der Waals surface area contributed by atoms with Crippen molar-refractivity contribution in [1.29, 1.82) is 0 Å². The highest BCUT2D eigenvalue weighted by Gasteiger charge is 2.54. The summed E-state index contributed by atoms with van der Waals surface area (Å²) in [5.41, 5.74) is 7.23. The number of carbonyl (C=O) groups excluding carboxylic acids is 1. The SMILES string of the molecule is N/C(=N\NC(=O)C12CC3CC(CC(C3)C1)C2)C(=O)O. The van der Waals surface area contributed by atoms with E-state index >= 15 is 0 Å². The summed E-state index contributed by atoms with van der Waals surface area (Å²) in [5.74, 6) is -0.0342. The Bertz CT molecular complexity index is 423. The fraction of sp³-hybridized carbons (Fsp3) is 0.769. The third-order valence-corrected chi connectivity index (χ3v) is 5.02. The predicted molar refractivity (Wildman–Crippen MR) is 68.0 cm³/mol. The maximum Gasteiger partial charge on any atom is 0.373 e. The number of nitrogens with two attached hydrogens (primary N) is 1. The summed E-state index contributed by atoms with van der Waals surface area (Å²) < 4.78 is 0. The molecule has 0 saturated heterocycles. The van der Waals surface area contributed by atoms with Crippen molar-refractivity contribution in [3.63, 3.8) is 0 Å². The number of rotatable bonds is 2. The molecule has 4 bridgehead atoms. The molecule has 0 radical (unpaired) electrons. The van der Waals surface area contributed by atoms with Crippen molar-refractivity contribution in [1.82, 2.24) is 5.43 Å². The highest BCUT2D eigenvalue weighted by molar-refractivity contribution is 6.33. The van der Waals surface area contributed by atoms with Crippen LogP contribution in [0.15, 0.2) is 5.10 Å². The minimum absolute atomic E-state index is 0.143. The van der Waals surface area contributed by atoms with Crippen molar-refractivity contribution in [3.05, 3.63) is 0 Å². The van der Waals surface area contributed by atoms with Crippen molar-refractivity contribution < 1.29 is 14.7 Å². The van der Waals surface area contributed by atoms with Crippen LogP contribution in [0.4, 0.5) is 0 Å². The minimum atomic E-state index is -1.31. The van der Waals surface area contributed by atoms with Gasteiger partial charge in [0.05, 0.1) is 5.41 Å². The molecule has 0 spiro atoms. The van der Waals surface area contributed by atoms with Gasteiger partial charge in [-0.2, -0.15) is 0 Å². The molecule has 6 heteroatoms. The van der Waals surface area contributed by atoms with Crippen LogP contribution >= 0.6 is 0 Å². The third kappa shape index (κ3) is 2.09. The second-order valence-electron chi connectivity index (χ2n) is 6.44. The highest BCUT2D eigenvalue weighted by atomic mass is 16.4. The third-order valence-electron chi connectivity index (χ3n) is 5.02. The van der Waals surface area contributed by atoms with Gasteiger partial charge in [-0.15, -0.1) is 5.10 Å². The molecule has 0 aromatic heterocycles. The number of aliphatic carboxylic acids is 1. The van der Waals surface area contributed by atoms with Crippen molar-refractivity contribution >= 4 is 17.7 Å². The number of hydrogen-bond acceptors (Lipinski definition) is 3. The van der Waals surface area contributed by atoms with Gasteiger partial charge in [0.2, 0.25) is 11.7 Å². The summed E-state index contributed by atoms with van der Waals surface area (Å²) in [6.45, 7) is 0. The average Bonchev–Trinajstić information content (AvgIpc) is 2.33. The number of carboxylic acids is 1. The number of amides is 1. The van der Waals surface area contributed by atoms with Gasteiger partial charge < -0.3 is 10.8 Å². The van der Waals surface area contributed by atoms with Crippen LogP contribution in [0, 0.1) is 23.2 Å². The smallest absolute Gasteiger partial charge is 0.373 e. The molecule has 0 aromatic carbocycles. The molecule has 19 heavy (non-hydrogen) atoms. The van der Waals surface area contributed by atoms with Crippen LogP contribution in [0.5, 0.6) is 0 Å². The van der Waals surface area contributed by atoms with Gasteiger partial charge >= 0.3 is 5.97 Å². The second kappa shape index (κ2) is 4.21. The Morgan fingerprint density at radius 3 is 2.00 bits per heavy atom. The van der Waals surface area contributed by atoms with Gasteiger partial charge in [-0.05, 0) is 56.3 Å². The standard InChI is InChI=1S/C13H19N3O3/c14-10(11(17)18)15-16-12(19)13-4-7-1-8(5-13)3-9(2-7)6-13/h7-9H,1-6H2,(H2,14,15)(H,16,19)(H,17,18). The first kappa shape index (κ1) is 12.4. The molecule has 4 saturated carbocycles. The van der Waals surface area contributed by atoms with Crippen LogP contribution < -0.4 is 11.2 Å². The molecule has 4 aliphatic rings. The van der Waals surface area contributed by atoms with Gasteiger partial charge in [-0.3, -0.25) is 4.79 Å². The molecule has 4 fully saturated rings. The number of hydrogen-bond donors (Lipinski definition) is 3. The van der Waals surface area contributed by atoms with E-state index < -0.39 is 11.8 Å². The zero-order valence-electron chi connectivity index (χ0n) is 10.8. The molecule has 1 amide bonds. The number of amidine groups is 1. The van der Waals surface area contributed by atoms with Gasteiger partial charge in [0.25, 0.3) is 0 Å². The summed E-state index contributed by atoms with van der Waals surface area (Å²) in [7, 11) is 0. The fourth-order valence-corrected chi connectivity index (χ4v) is 4.67. The Labute approximate surface area is 111 Å². The average molecular weight is 265 g/mol. The molecule has 0 aromatic rings. The molecule has 4 aliphatic carbocycles. The quantitative estimate of drug-likeness (QED) is 0.388. The Morgan fingerprint density at radius 2 is 1.58 bits per heavy atom. The summed E-state index contributed by atoms with van der Waals surface area (Å²) >= 11 is 0. The van der Waals surface area contributed by atoms with Crippen molar-refractivity contribution in [2.75, 3.05) is 0 Å². The van der Waals surface area contributed by atoms with Gasteiger partial charge in [0.1, 0.15) is 0 Å². The van der Waals surface area contributed by atoms with E-state index in [0.29, 0.717) is 17.8 Å². The summed E-state index contributed by atoms with van der Waals surface area (Å²) in [6, 6.07) is 0. The monoisotopic (exact) mass is 265 g/mol. The number of hydrazone groups is 1. The largest absolute Gasteiger partial charge is 0.475 e. The molecule has 4 rings (SSSR count). The van der Waals surface area contributed by atoms with Crippen LogP contribution in [0.2, 0.25) is 0 Å². The molecule has 0 atom stereocenters. The molecule has 4 N–H and O–H groups in total. The Kier molecular flexibility index (Phi) is 2.76. The summed E-state index contributed by atoms with van der Waals surface area (Å²) in [6.07, 6.45) is 6.54. The fourth-order valence-electron chi connectivity index (χ4n) is 4.67. The predicted octanol–water partition coefficient (Wildman–Crippen LogP) is 0.676. The number of nitrogens with one attached hydrogen (secondary N) is 1. The minimum Gasteiger partial charge on any atom is -0.475 e. The lowest BCUT2D eigenvalue weighted by Gasteiger charge is -2.55. The van der Waals surface area contributed by atoms with Crippen molar-refractivity contribution in [2.45, 2.75) is 38.5 Å². The second-order valence-corrected chi connectivity index (χ2v) is 6.44. The highest BCUT2D eigenvalue weighted by Crippen LogP contribution is 2.60. The zero-order chi connectivity index (χ0) is 13.6. The first-order chi connectivity index (χ1) is 8.98. The van der Waals surface area contributed by atoms with E-state index in [2.05, 4.69) is 10.5 Å². The van der Waals surface area contributed by atoms with Gasteiger partial charge in [-0.25, -0.2) is 10.2 Å². The topological polar surface area (TPSA) is 105 Å². The van der Waals surface area contributed by atoms with E-state index in [1.165, 1.54) is 19.3 Å². The Morgan fingerprint density at radius 1 is 1.11 bits per heavy atom. The van der Waals surface area contributed by atoms with E-state index in [1.54, 1.807) is 0 Å². The Hall–Kier alpha value is -1.59. The van der Waals surface area contributed by atoms with Crippen LogP contribution in [0.1, 0.15) is 38.5 Å². The summed E-state index contributed by atoms with van der Waals surface area (Å²) in [4.78, 5) is 22.9. The lowest BCUT2D eigenvalue weighted by Crippen LogP contribution is -2.53. The van der Waals surface area contributed by atoms with Gasteiger partial charge in [-0.1, -0.05) is 0 Å². The Balaban J connectivity index is 1.73. The molecular formula is C13H19N3O3. The van der Waals surface area contributed by atoms with Crippen LogP contribution in [-0.2, 0) is 9.59 Å². The van der Waals surface area contributed by atoms with Crippen molar-refractivity contribution in [2.24, 2.45) is 34.0 Å². The summed E-state index contributed by atoms with van der Waals surface area (Å²) in [5, 5.41) is 12.1. The van der Waals surface area contributed by atoms with Crippen LogP contribution in [0.3, 0.4) is 0 Å². The van der Waals surface area contributed by atoms with Crippen LogP contribution in [-0.4, -0.2) is 22.8 Å². The van der Waals surface area contributed by atoms with Gasteiger partial charge in [0.15, 0.2) is 0 Å². The number of carboxylic acid groups (broad SMARTS) is 1. The maximum absolute atomic E-state index is 12.4. The molecule has 6 nitrogen and oxygen atoms in total. The maximum atomic E-state index is 12.4. The molecule has 0 aliphatic heterocycles. The van der Waals surface area contributed by atoms with Crippen molar-refractivity contribution in [3.8, 4) is 0 Å². The molecule has 0 heterocycles. The number of nitrogens with zero attached hydrogens (tertiary/aromatic N) is 1. The lowest BCUT2D eigenvalue weighted by atomic mass is 9.49. The van der Waals surface area contributed by atoms with Crippen LogP contribution in [0.25, 0.3) is 0 Å². The molecule has 104 valence electrons. The first-order valence-corrected chi connectivity index (χ1v) is 6.85. The molecule has 0 unspecified atom stereocenters. The van der Waals surface area contributed by atoms with E-state index in [4.69, 9.17) is 10.8 Å². The van der Waals surface area contributed by atoms with E-state index in [0.717, 1.165) is 19.3 Å². The number of carbonyl (C=O) groups is 2. The zero-order valence-corrected chi connectivity index (χ0v) is 10.8. The van der Waals surface area contributed by atoms with E-state index in [-0.39, 0.29) is 11.3 Å².